The molecule has 0 saturated carbocycles. The molecule has 0 atom stereocenters. The van der Waals surface area contributed by atoms with E-state index >= 15 is 0 Å². The molecular formula is C20H21BrClN3O3. The second-order valence-corrected chi connectivity index (χ2v) is 7.14. The molecule has 28 heavy (non-hydrogen) atoms. The Kier molecular flexibility index (Phi) is 8.97. The molecular weight excluding hydrogens is 446 g/mol. The summed E-state index contributed by atoms with van der Waals surface area (Å²) >= 11 is 9.57. The van der Waals surface area contributed by atoms with E-state index < -0.39 is 11.8 Å². The highest BCUT2D eigenvalue weighted by atomic mass is 79.9. The third kappa shape index (κ3) is 6.98. The van der Waals surface area contributed by atoms with Gasteiger partial charge in [0.1, 0.15) is 12.4 Å². The predicted octanol–water partition coefficient (Wildman–Crippen LogP) is 4.05. The van der Waals surface area contributed by atoms with Crippen LogP contribution in [-0.2, 0) is 16.2 Å². The molecule has 0 unspecified atom stereocenters. The Labute approximate surface area is 177 Å². The largest absolute Gasteiger partial charge is 0.488 e. The van der Waals surface area contributed by atoms with E-state index in [2.05, 4.69) is 31.8 Å². The summed E-state index contributed by atoms with van der Waals surface area (Å²) in [5.41, 5.74) is 3.82. The SMILES string of the molecule is CCCCNC(=O)C(=O)N/N=C\c1ccc(OCc2ccccc2Cl)c(Br)c1. The summed E-state index contributed by atoms with van der Waals surface area (Å²) in [5.74, 6) is -0.849. The van der Waals surface area contributed by atoms with Gasteiger partial charge in [0.25, 0.3) is 0 Å². The summed E-state index contributed by atoms with van der Waals surface area (Å²) in [5, 5.41) is 6.97. The lowest BCUT2D eigenvalue weighted by Gasteiger charge is -2.10. The zero-order valence-corrected chi connectivity index (χ0v) is 17.7. The highest BCUT2D eigenvalue weighted by Crippen LogP contribution is 2.27. The van der Waals surface area contributed by atoms with Gasteiger partial charge in [-0.1, -0.05) is 43.1 Å². The Morgan fingerprint density at radius 3 is 2.71 bits per heavy atom. The molecule has 2 N–H and O–H groups in total. The number of hydrogen-bond acceptors (Lipinski definition) is 4. The van der Waals surface area contributed by atoms with Gasteiger partial charge in [0, 0.05) is 17.1 Å². The summed E-state index contributed by atoms with van der Waals surface area (Å²) in [6.45, 7) is 2.81. The fraction of sp³-hybridized carbons (Fsp3) is 0.250. The van der Waals surface area contributed by atoms with E-state index in [0.717, 1.165) is 28.4 Å². The second kappa shape index (κ2) is 11.5. The Balaban J connectivity index is 1.87. The molecule has 0 radical (unpaired) electrons. The van der Waals surface area contributed by atoms with Crippen LogP contribution in [0.4, 0.5) is 0 Å². The number of carbonyl (C=O) groups is 2. The predicted molar refractivity (Wildman–Crippen MR) is 114 cm³/mol. The number of ether oxygens (including phenoxy) is 1. The van der Waals surface area contributed by atoms with Crippen LogP contribution >= 0.6 is 27.5 Å². The van der Waals surface area contributed by atoms with Crippen molar-refractivity contribution in [3.8, 4) is 5.75 Å². The summed E-state index contributed by atoms with van der Waals surface area (Å²) in [7, 11) is 0. The van der Waals surface area contributed by atoms with Crippen molar-refractivity contribution in [3.63, 3.8) is 0 Å². The Morgan fingerprint density at radius 1 is 1.21 bits per heavy atom. The van der Waals surface area contributed by atoms with Crippen LogP contribution in [0.2, 0.25) is 5.02 Å². The molecule has 2 aromatic rings. The van der Waals surface area contributed by atoms with Gasteiger partial charge in [-0.25, -0.2) is 5.43 Å². The van der Waals surface area contributed by atoms with Crippen LogP contribution in [-0.4, -0.2) is 24.6 Å². The third-order valence-corrected chi connectivity index (χ3v) is 4.69. The Morgan fingerprint density at radius 2 is 2.00 bits per heavy atom. The van der Waals surface area contributed by atoms with Crippen LogP contribution < -0.4 is 15.5 Å². The molecule has 2 aromatic carbocycles. The second-order valence-electron chi connectivity index (χ2n) is 5.88. The number of nitrogens with one attached hydrogen (secondary N) is 2. The van der Waals surface area contributed by atoms with Crippen LogP contribution in [0.5, 0.6) is 5.75 Å². The van der Waals surface area contributed by atoms with Gasteiger partial charge in [-0.05, 0) is 52.2 Å². The maximum Gasteiger partial charge on any atom is 0.329 e. The molecule has 0 fully saturated rings. The lowest BCUT2D eigenvalue weighted by molar-refractivity contribution is -0.139. The summed E-state index contributed by atoms with van der Waals surface area (Å²) in [4.78, 5) is 23.2. The number of halogens is 2. The van der Waals surface area contributed by atoms with Gasteiger partial charge in [0.05, 0.1) is 10.7 Å². The van der Waals surface area contributed by atoms with E-state index in [1.54, 1.807) is 18.2 Å². The van der Waals surface area contributed by atoms with Gasteiger partial charge < -0.3 is 10.1 Å². The topological polar surface area (TPSA) is 79.8 Å². The van der Waals surface area contributed by atoms with E-state index in [-0.39, 0.29) is 0 Å². The minimum absolute atomic E-state index is 0.342. The van der Waals surface area contributed by atoms with Gasteiger partial charge in [-0.15, -0.1) is 0 Å². The lowest BCUT2D eigenvalue weighted by Crippen LogP contribution is -2.38. The highest BCUT2D eigenvalue weighted by molar-refractivity contribution is 9.10. The quantitative estimate of drug-likeness (QED) is 0.267. The van der Waals surface area contributed by atoms with Crippen molar-refractivity contribution in [2.24, 2.45) is 5.10 Å². The fourth-order valence-corrected chi connectivity index (χ4v) is 2.86. The lowest BCUT2D eigenvalue weighted by atomic mass is 10.2. The normalized spacial score (nSPS) is 10.7. The number of benzene rings is 2. The molecule has 0 bridgehead atoms. The first-order valence-corrected chi connectivity index (χ1v) is 9.95. The van der Waals surface area contributed by atoms with Crippen molar-refractivity contribution in [1.29, 1.82) is 0 Å². The average Bonchev–Trinajstić information content (AvgIpc) is 2.68. The molecule has 2 amide bonds. The zero-order valence-electron chi connectivity index (χ0n) is 15.4. The molecule has 0 aliphatic heterocycles. The van der Waals surface area contributed by atoms with Crippen LogP contribution in [0.25, 0.3) is 0 Å². The third-order valence-electron chi connectivity index (χ3n) is 3.70. The van der Waals surface area contributed by atoms with Gasteiger partial charge in [0.2, 0.25) is 0 Å². The number of amides is 2. The van der Waals surface area contributed by atoms with Crippen molar-refractivity contribution in [1.82, 2.24) is 10.7 Å². The summed E-state index contributed by atoms with van der Waals surface area (Å²) in [6, 6.07) is 12.8. The van der Waals surface area contributed by atoms with Crippen molar-refractivity contribution < 1.29 is 14.3 Å². The van der Waals surface area contributed by atoms with Gasteiger partial charge >= 0.3 is 11.8 Å². The number of unbranched alkanes of at least 4 members (excludes halogenated alkanes) is 1. The van der Waals surface area contributed by atoms with Crippen LogP contribution in [0.3, 0.4) is 0 Å². The van der Waals surface area contributed by atoms with E-state index in [4.69, 9.17) is 16.3 Å². The summed E-state index contributed by atoms with van der Waals surface area (Å²) < 4.78 is 6.51. The molecule has 0 aromatic heterocycles. The average molecular weight is 467 g/mol. The molecule has 6 nitrogen and oxygen atoms in total. The molecule has 0 aliphatic rings. The molecule has 0 spiro atoms. The smallest absolute Gasteiger partial charge is 0.329 e. The monoisotopic (exact) mass is 465 g/mol. The van der Waals surface area contributed by atoms with E-state index in [1.165, 1.54) is 6.21 Å². The Hall–Kier alpha value is -2.38. The summed E-state index contributed by atoms with van der Waals surface area (Å²) in [6.07, 6.45) is 3.20. The Bertz CT molecular complexity index is 858. The zero-order chi connectivity index (χ0) is 20.4. The molecule has 0 aliphatic carbocycles. The van der Waals surface area contributed by atoms with E-state index in [0.29, 0.717) is 23.9 Å². The minimum atomic E-state index is -0.800. The first-order valence-electron chi connectivity index (χ1n) is 8.78. The van der Waals surface area contributed by atoms with Crippen molar-refractivity contribution in [3.05, 3.63) is 63.1 Å². The minimum Gasteiger partial charge on any atom is -0.488 e. The molecule has 0 saturated heterocycles. The fourth-order valence-electron chi connectivity index (χ4n) is 2.16. The van der Waals surface area contributed by atoms with Crippen LogP contribution in [0, 0.1) is 0 Å². The van der Waals surface area contributed by atoms with Gasteiger partial charge in [-0.2, -0.15) is 5.10 Å². The van der Waals surface area contributed by atoms with Crippen LogP contribution in [0.1, 0.15) is 30.9 Å². The number of carbonyl (C=O) groups excluding carboxylic acids is 2. The van der Waals surface area contributed by atoms with E-state index in [9.17, 15) is 9.59 Å². The number of rotatable bonds is 8. The van der Waals surface area contributed by atoms with Crippen molar-refractivity contribution >= 4 is 45.6 Å². The molecule has 2 rings (SSSR count). The van der Waals surface area contributed by atoms with Crippen molar-refractivity contribution in [2.45, 2.75) is 26.4 Å². The number of nitrogens with zero attached hydrogens (tertiary/aromatic N) is 1. The van der Waals surface area contributed by atoms with E-state index in [1.807, 2.05) is 31.2 Å². The van der Waals surface area contributed by atoms with Crippen molar-refractivity contribution in [2.75, 3.05) is 6.54 Å². The molecule has 8 heteroatoms. The highest BCUT2D eigenvalue weighted by Gasteiger charge is 2.11. The first kappa shape index (κ1) is 21.9. The number of hydrogen-bond donors (Lipinski definition) is 2. The molecule has 0 heterocycles. The van der Waals surface area contributed by atoms with Gasteiger partial charge in [0.15, 0.2) is 0 Å². The maximum atomic E-state index is 11.6. The van der Waals surface area contributed by atoms with Crippen LogP contribution in [0.15, 0.2) is 52.0 Å². The van der Waals surface area contributed by atoms with Gasteiger partial charge in [-0.3, -0.25) is 9.59 Å². The maximum absolute atomic E-state index is 11.6. The number of hydrazone groups is 1. The molecule has 148 valence electrons. The standard InChI is InChI=1S/C20H21BrClN3O3/c1-2-3-10-23-19(26)20(27)25-24-12-14-8-9-18(16(21)11-14)28-13-15-6-4-5-7-17(15)22/h4-9,11-12H,2-3,10,13H2,1H3,(H,23,26)(H,25,27)/b24-12-. The first-order chi connectivity index (χ1) is 13.5.